The number of fused-ring (bicyclic) bond motifs is 1. The van der Waals surface area contributed by atoms with Crippen molar-refractivity contribution in [1.82, 2.24) is 5.32 Å². The number of hydrogen-bond donors (Lipinski definition) is 3. The van der Waals surface area contributed by atoms with Crippen LogP contribution in [-0.4, -0.2) is 55.2 Å². The highest BCUT2D eigenvalue weighted by molar-refractivity contribution is 7.80. The molecule has 0 spiro atoms. The van der Waals surface area contributed by atoms with E-state index < -0.39 is 5.91 Å². The van der Waals surface area contributed by atoms with E-state index in [1.54, 1.807) is 0 Å². The molecule has 2 heterocycles. The number of primary amides is 1. The first-order valence-electron chi connectivity index (χ1n) is 7.39. The summed E-state index contributed by atoms with van der Waals surface area (Å²) in [5.41, 5.74) is 6.00. The number of anilines is 1. The van der Waals surface area contributed by atoms with Crippen LogP contribution in [0.15, 0.2) is 30.3 Å². The fraction of sp³-hybridized carbons (Fsp3) is 0.467. The molecule has 0 saturated carbocycles. The number of amides is 1. The van der Waals surface area contributed by atoms with E-state index in [0.29, 0.717) is 18.3 Å². The number of hydrogen-bond acceptors (Lipinski definition) is 5. The third-order valence-corrected chi connectivity index (χ3v) is 4.02. The molecule has 8 heteroatoms. The molecular weight excluding hydrogens is 318 g/mol. The molecule has 2 aliphatic heterocycles. The summed E-state index contributed by atoms with van der Waals surface area (Å²) in [5, 5.41) is 6.83. The zero-order valence-corrected chi connectivity index (χ0v) is 13.3. The normalized spacial score (nSPS) is 29.0. The van der Waals surface area contributed by atoms with Gasteiger partial charge in [-0.1, -0.05) is 18.2 Å². The summed E-state index contributed by atoms with van der Waals surface area (Å²) in [6.07, 6.45) is -0.662. The number of nitrogens with one attached hydrogen (secondary N) is 2. The molecule has 2 aliphatic rings. The molecule has 0 aliphatic carbocycles. The summed E-state index contributed by atoms with van der Waals surface area (Å²) < 4.78 is 16.9. The number of para-hydroxylation sites is 1. The minimum absolute atomic E-state index is 0.0640. The Kier molecular flexibility index (Phi) is 5.06. The maximum atomic E-state index is 10.8. The standard InChI is InChI=1S/C15H19N3O4S/c16-12(19)8-20-11-7-22-13-10(6-21-14(11)13)18-15(23)17-9-4-2-1-3-5-9/h1-5,10-11,13-14H,6-8H2,(H2,16,19)(H2,17,18,23)/t10-,11+,13+,14+/m0/s1. The van der Waals surface area contributed by atoms with E-state index in [4.69, 9.17) is 32.2 Å². The van der Waals surface area contributed by atoms with Crippen molar-refractivity contribution in [3.63, 3.8) is 0 Å². The van der Waals surface area contributed by atoms with Gasteiger partial charge in [-0.25, -0.2) is 0 Å². The van der Waals surface area contributed by atoms with Crippen LogP contribution < -0.4 is 16.4 Å². The molecule has 3 rings (SSSR count). The van der Waals surface area contributed by atoms with Gasteiger partial charge in [0.1, 0.15) is 24.9 Å². The molecule has 0 aromatic heterocycles. The molecule has 23 heavy (non-hydrogen) atoms. The summed E-state index contributed by atoms with van der Waals surface area (Å²) in [6, 6.07) is 9.60. The van der Waals surface area contributed by atoms with E-state index >= 15 is 0 Å². The van der Waals surface area contributed by atoms with E-state index in [2.05, 4.69) is 10.6 Å². The Balaban J connectivity index is 1.51. The number of benzene rings is 1. The van der Waals surface area contributed by atoms with Crippen LogP contribution in [0.1, 0.15) is 0 Å². The number of carbonyl (C=O) groups excluding carboxylic acids is 1. The predicted molar refractivity (Wildman–Crippen MR) is 88.0 cm³/mol. The molecule has 1 aromatic rings. The highest BCUT2D eigenvalue weighted by atomic mass is 32.1. The second kappa shape index (κ2) is 7.22. The number of ether oxygens (including phenoxy) is 3. The summed E-state index contributed by atoms with van der Waals surface area (Å²) in [7, 11) is 0. The quantitative estimate of drug-likeness (QED) is 0.652. The van der Waals surface area contributed by atoms with Crippen LogP contribution in [0.4, 0.5) is 5.69 Å². The third kappa shape index (κ3) is 3.97. The first-order valence-corrected chi connectivity index (χ1v) is 7.80. The molecule has 1 amide bonds. The highest BCUT2D eigenvalue weighted by Gasteiger charge is 2.48. The van der Waals surface area contributed by atoms with Crippen molar-refractivity contribution in [3.8, 4) is 0 Å². The van der Waals surface area contributed by atoms with Crippen LogP contribution >= 0.6 is 12.2 Å². The van der Waals surface area contributed by atoms with Gasteiger partial charge in [-0.3, -0.25) is 4.79 Å². The lowest BCUT2D eigenvalue weighted by Crippen LogP contribution is -2.46. The topological polar surface area (TPSA) is 94.8 Å². The van der Waals surface area contributed by atoms with Crippen molar-refractivity contribution >= 4 is 28.9 Å². The molecule has 0 bridgehead atoms. The molecule has 4 N–H and O–H groups in total. The SMILES string of the molecule is NC(=O)CO[C@@H]1CO[C@H]2[C@@H]1OC[C@@H]2NC(=S)Nc1ccccc1. The van der Waals surface area contributed by atoms with Crippen molar-refractivity contribution in [2.24, 2.45) is 5.73 Å². The van der Waals surface area contributed by atoms with Crippen molar-refractivity contribution in [2.75, 3.05) is 25.1 Å². The molecule has 7 nitrogen and oxygen atoms in total. The Morgan fingerprint density at radius 3 is 2.74 bits per heavy atom. The van der Waals surface area contributed by atoms with Gasteiger partial charge in [0.2, 0.25) is 5.91 Å². The maximum Gasteiger partial charge on any atom is 0.243 e. The zero-order valence-electron chi connectivity index (χ0n) is 12.4. The molecule has 0 radical (unpaired) electrons. The van der Waals surface area contributed by atoms with Crippen LogP contribution in [-0.2, 0) is 19.0 Å². The summed E-state index contributed by atoms with van der Waals surface area (Å²) in [5.74, 6) is -0.505. The Morgan fingerprint density at radius 2 is 2.00 bits per heavy atom. The molecule has 2 fully saturated rings. The lowest BCUT2D eigenvalue weighted by molar-refractivity contribution is -0.126. The molecule has 0 unspecified atom stereocenters. The number of nitrogens with two attached hydrogens (primary N) is 1. The van der Waals surface area contributed by atoms with Crippen molar-refractivity contribution in [2.45, 2.75) is 24.4 Å². The van der Waals surface area contributed by atoms with E-state index in [9.17, 15) is 4.79 Å². The maximum absolute atomic E-state index is 10.8. The Bertz CT molecular complexity index is 571. The Labute approximate surface area is 139 Å². The number of rotatable bonds is 5. The van der Waals surface area contributed by atoms with Gasteiger partial charge >= 0.3 is 0 Å². The van der Waals surface area contributed by atoms with Crippen molar-refractivity contribution in [3.05, 3.63) is 30.3 Å². The third-order valence-electron chi connectivity index (χ3n) is 3.80. The van der Waals surface area contributed by atoms with Crippen LogP contribution in [0.2, 0.25) is 0 Å². The van der Waals surface area contributed by atoms with Crippen molar-refractivity contribution in [1.29, 1.82) is 0 Å². The van der Waals surface area contributed by atoms with E-state index in [0.717, 1.165) is 5.69 Å². The highest BCUT2D eigenvalue weighted by Crippen LogP contribution is 2.28. The fourth-order valence-corrected chi connectivity index (χ4v) is 3.05. The monoisotopic (exact) mass is 337 g/mol. The van der Waals surface area contributed by atoms with E-state index in [1.807, 2.05) is 30.3 Å². The summed E-state index contributed by atoms with van der Waals surface area (Å²) in [4.78, 5) is 10.8. The molecule has 4 atom stereocenters. The van der Waals surface area contributed by atoms with Gasteiger partial charge in [-0.2, -0.15) is 0 Å². The van der Waals surface area contributed by atoms with Crippen LogP contribution in [0.3, 0.4) is 0 Å². The average molecular weight is 337 g/mol. The Morgan fingerprint density at radius 1 is 1.26 bits per heavy atom. The number of thiocarbonyl (C=S) groups is 1. The minimum atomic E-state index is -0.505. The predicted octanol–water partition coefficient (Wildman–Crippen LogP) is 0.00970. The molecule has 2 saturated heterocycles. The van der Waals surface area contributed by atoms with Gasteiger partial charge in [0, 0.05) is 5.69 Å². The van der Waals surface area contributed by atoms with Gasteiger partial charge in [-0.05, 0) is 24.4 Å². The van der Waals surface area contributed by atoms with Gasteiger partial charge in [0.25, 0.3) is 0 Å². The van der Waals surface area contributed by atoms with Gasteiger partial charge < -0.3 is 30.6 Å². The van der Waals surface area contributed by atoms with E-state index in [-0.39, 0.29) is 31.0 Å². The van der Waals surface area contributed by atoms with Crippen LogP contribution in [0.25, 0.3) is 0 Å². The summed E-state index contributed by atoms with van der Waals surface area (Å²) >= 11 is 5.32. The number of carbonyl (C=O) groups is 1. The van der Waals surface area contributed by atoms with Crippen LogP contribution in [0, 0.1) is 0 Å². The minimum Gasteiger partial charge on any atom is -0.370 e. The largest absolute Gasteiger partial charge is 0.370 e. The van der Waals surface area contributed by atoms with Gasteiger partial charge in [0.05, 0.1) is 19.3 Å². The fourth-order valence-electron chi connectivity index (χ4n) is 2.78. The lowest BCUT2D eigenvalue weighted by Gasteiger charge is -2.19. The average Bonchev–Trinajstić information content (AvgIpc) is 3.09. The van der Waals surface area contributed by atoms with Crippen molar-refractivity contribution < 1.29 is 19.0 Å². The lowest BCUT2D eigenvalue weighted by atomic mass is 10.1. The first-order chi connectivity index (χ1) is 11.1. The second-order valence-corrected chi connectivity index (χ2v) is 5.89. The summed E-state index contributed by atoms with van der Waals surface area (Å²) in [6.45, 7) is 0.703. The molecule has 1 aromatic carbocycles. The Hall–Kier alpha value is -1.74. The molecular formula is C15H19N3O4S. The van der Waals surface area contributed by atoms with Gasteiger partial charge in [-0.15, -0.1) is 0 Å². The van der Waals surface area contributed by atoms with E-state index in [1.165, 1.54) is 0 Å². The second-order valence-electron chi connectivity index (χ2n) is 5.48. The first kappa shape index (κ1) is 16.1. The van der Waals surface area contributed by atoms with Crippen LogP contribution in [0.5, 0.6) is 0 Å². The van der Waals surface area contributed by atoms with Gasteiger partial charge in [0.15, 0.2) is 5.11 Å². The zero-order chi connectivity index (χ0) is 16.2. The molecule has 124 valence electrons. The smallest absolute Gasteiger partial charge is 0.243 e.